The van der Waals surface area contributed by atoms with Gasteiger partial charge in [0.25, 0.3) is 0 Å². The molecule has 0 heterocycles. The molecular formula is C17H17ClO3. The van der Waals surface area contributed by atoms with Gasteiger partial charge in [-0.05, 0) is 43.7 Å². The van der Waals surface area contributed by atoms with Crippen LogP contribution >= 0.6 is 11.6 Å². The molecule has 2 rings (SSSR count). The van der Waals surface area contributed by atoms with E-state index in [1.54, 1.807) is 30.3 Å². The van der Waals surface area contributed by atoms with E-state index < -0.39 is 0 Å². The molecule has 2 aromatic rings. The first-order chi connectivity index (χ1) is 10.1. The van der Waals surface area contributed by atoms with Gasteiger partial charge in [-0.25, -0.2) is 0 Å². The van der Waals surface area contributed by atoms with Gasteiger partial charge >= 0.3 is 0 Å². The molecule has 0 radical (unpaired) electrons. The zero-order valence-corrected chi connectivity index (χ0v) is 12.8. The summed E-state index contributed by atoms with van der Waals surface area (Å²) < 4.78 is 11.0. The largest absolute Gasteiger partial charge is 0.493 e. The van der Waals surface area contributed by atoms with E-state index in [2.05, 4.69) is 0 Å². The first-order valence-corrected chi connectivity index (χ1v) is 7.13. The van der Waals surface area contributed by atoms with E-state index in [9.17, 15) is 4.79 Å². The normalized spacial score (nSPS) is 10.2. The maximum Gasteiger partial charge on any atom is 0.203 e. The lowest BCUT2D eigenvalue weighted by molar-refractivity contribution is 0.0917. The molecule has 0 amide bonds. The number of para-hydroxylation sites is 1. The summed E-state index contributed by atoms with van der Waals surface area (Å²) in [6, 6.07) is 12.5. The Morgan fingerprint density at radius 2 is 1.86 bits per heavy atom. The Hall–Kier alpha value is -2.00. The number of ether oxygens (including phenoxy) is 2. The van der Waals surface area contributed by atoms with Crippen LogP contribution in [0.5, 0.6) is 11.5 Å². The number of halogens is 1. The highest BCUT2D eigenvalue weighted by Crippen LogP contribution is 2.23. The molecule has 0 spiro atoms. The summed E-state index contributed by atoms with van der Waals surface area (Å²) in [4.78, 5) is 12.3. The van der Waals surface area contributed by atoms with E-state index in [4.69, 9.17) is 21.1 Å². The second-order valence-electron chi connectivity index (χ2n) is 4.55. The third-order valence-corrected chi connectivity index (χ3v) is 3.23. The number of ketones is 1. The van der Waals surface area contributed by atoms with Crippen molar-refractivity contribution < 1.29 is 14.3 Å². The average Bonchev–Trinajstić information content (AvgIpc) is 2.49. The third-order valence-electron chi connectivity index (χ3n) is 3.00. The molecule has 0 fully saturated rings. The van der Waals surface area contributed by atoms with Crippen LogP contribution in [0.1, 0.15) is 22.8 Å². The molecule has 2 aromatic carbocycles. The number of benzene rings is 2. The minimum Gasteiger partial charge on any atom is -0.493 e. The van der Waals surface area contributed by atoms with Crippen molar-refractivity contribution >= 4 is 17.4 Å². The minimum absolute atomic E-state index is 0.0503. The molecule has 0 bridgehead atoms. The Morgan fingerprint density at radius 3 is 2.62 bits per heavy atom. The van der Waals surface area contributed by atoms with Crippen LogP contribution in [0.2, 0.25) is 5.02 Å². The van der Waals surface area contributed by atoms with E-state index in [0.29, 0.717) is 28.7 Å². The molecule has 0 aliphatic heterocycles. The van der Waals surface area contributed by atoms with Gasteiger partial charge in [0, 0.05) is 5.02 Å². The van der Waals surface area contributed by atoms with E-state index in [-0.39, 0.29) is 12.4 Å². The van der Waals surface area contributed by atoms with Gasteiger partial charge in [-0.1, -0.05) is 29.8 Å². The van der Waals surface area contributed by atoms with Crippen molar-refractivity contribution in [2.45, 2.75) is 13.8 Å². The Bertz CT molecular complexity index is 638. The van der Waals surface area contributed by atoms with Crippen molar-refractivity contribution in [2.75, 3.05) is 13.2 Å². The molecule has 0 aromatic heterocycles. The van der Waals surface area contributed by atoms with Gasteiger partial charge in [-0.2, -0.15) is 0 Å². The smallest absolute Gasteiger partial charge is 0.203 e. The number of Topliss-reactive ketones (excluding diaryl/α,β-unsaturated/α-hetero) is 1. The quantitative estimate of drug-likeness (QED) is 0.746. The first kappa shape index (κ1) is 15.4. The average molecular weight is 305 g/mol. The highest BCUT2D eigenvalue weighted by atomic mass is 35.5. The van der Waals surface area contributed by atoms with Crippen LogP contribution in [-0.4, -0.2) is 19.0 Å². The predicted octanol–water partition coefficient (Wildman–Crippen LogP) is 4.31. The second-order valence-corrected chi connectivity index (χ2v) is 4.99. The lowest BCUT2D eigenvalue weighted by Gasteiger charge is -2.11. The number of hydrogen-bond acceptors (Lipinski definition) is 3. The van der Waals surface area contributed by atoms with Crippen LogP contribution in [0.3, 0.4) is 0 Å². The van der Waals surface area contributed by atoms with Crippen LogP contribution in [0.4, 0.5) is 0 Å². The minimum atomic E-state index is -0.126. The molecule has 0 aliphatic carbocycles. The van der Waals surface area contributed by atoms with Crippen molar-refractivity contribution in [3.05, 3.63) is 58.6 Å². The zero-order valence-electron chi connectivity index (χ0n) is 12.1. The van der Waals surface area contributed by atoms with Gasteiger partial charge < -0.3 is 9.47 Å². The molecule has 0 unspecified atom stereocenters. The summed E-state index contributed by atoms with van der Waals surface area (Å²) in [6.07, 6.45) is 0. The molecule has 0 atom stereocenters. The van der Waals surface area contributed by atoms with Gasteiger partial charge in [0.1, 0.15) is 11.5 Å². The molecule has 4 heteroatoms. The van der Waals surface area contributed by atoms with Crippen molar-refractivity contribution in [1.82, 2.24) is 0 Å². The van der Waals surface area contributed by atoms with Crippen LogP contribution in [-0.2, 0) is 0 Å². The Labute approximate surface area is 129 Å². The maximum absolute atomic E-state index is 12.3. The van der Waals surface area contributed by atoms with Crippen LogP contribution < -0.4 is 9.47 Å². The summed E-state index contributed by atoms with van der Waals surface area (Å²) >= 11 is 5.93. The Morgan fingerprint density at radius 1 is 1.10 bits per heavy atom. The molecule has 21 heavy (non-hydrogen) atoms. The summed E-state index contributed by atoms with van der Waals surface area (Å²) in [6.45, 7) is 4.25. The second kappa shape index (κ2) is 7.14. The fraction of sp³-hybridized carbons (Fsp3) is 0.235. The van der Waals surface area contributed by atoms with Crippen molar-refractivity contribution in [3.63, 3.8) is 0 Å². The third kappa shape index (κ3) is 3.99. The summed E-state index contributed by atoms with van der Waals surface area (Å²) in [5.74, 6) is 1.07. The number of aryl methyl sites for hydroxylation is 1. The van der Waals surface area contributed by atoms with E-state index in [1.807, 2.05) is 26.0 Å². The number of carbonyl (C=O) groups is 1. The predicted molar refractivity (Wildman–Crippen MR) is 83.6 cm³/mol. The molecule has 110 valence electrons. The van der Waals surface area contributed by atoms with Gasteiger partial charge in [-0.15, -0.1) is 0 Å². The monoisotopic (exact) mass is 304 g/mol. The summed E-state index contributed by atoms with van der Waals surface area (Å²) in [5.41, 5.74) is 1.46. The lowest BCUT2D eigenvalue weighted by Crippen LogP contribution is -2.13. The van der Waals surface area contributed by atoms with Crippen LogP contribution in [0.25, 0.3) is 0 Å². The van der Waals surface area contributed by atoms with Crippen LogP contribution in [0.15, 0.2) is 42.5 Å². The lowest BCUT2D eigenvalue weighted by atomic mass is 10.1. The molecule has 0 saturated heterocycles. The van der Waals surface area contributed by atoms with Crippen molar-refractivity contribution in [1.29, 1.82) is 0 Å². The first-order valence-electron chi connectivity index (χ1n) is 6.75. The van der Waals surface area contributed by atoms with E-state index in [0.717, 1.165) is 5.56 Å². The number of rotatable bonds is 6. The molecular weight excluding hydrogens is 288 g/mol. The van der Waals surface area contributed by atoms with Gasteiger partial charge in [0.2, 0.25) is 5.78 Å². The summed E-state index contributed by atoms with van der Waals surface area (Å²) in [7, 11) is 0. The molecule has 0 N–H and O–H groups in total. The van der Waals surface area contributed by atoms with Gasteiger partial charge in [-0.3, -0.25) is 4.79 Å². The number of carbonyl (C=O) groups excluding carboxylic acids is 1. The van der Waals surface area contributed by atoms with E-state index >= 15 is 0 Å². The zero-order chi connectivity index (χ0) is 15.2. The fourth-order valence-electron chi connectivity index (χ4n) is 1.93. The fourth-order valence-corrected chi connectivity index (χ4v) is 2.09. The van der Waals surface area contributed by atoms with Crippen molar-refractivity contribution in [2.24, 2.45) is 0 Å². The van der Waals surface area contributed by atoms with Gasteiger partial charge in [0.15, 0.2) is 6.61 Å². The van der Waals surface area contributed by atoms with Crippen LogP contribution in [0, 0.1) is 6.92 Å². The molecule has 0 aliphatic rings. The number of hydrogen-bond donors (Lipinski definition) is 0. The van der Waals surface area contributed by atoms with Gasteiger partial charge in [0.05, 0.1) is 12.2 Å². The molecule has 0 saturated carbocycles. The highest BCUT2D eigenvalue weighted by Gasteiger charge is 2.13. The van der Waals surface area contributed by atoms with E-state index in [1.165, 1.54) is 0 Å². The van der Waals surface area contributed by atoms with Crippen molar-refractivity contribution in [3.8, 4) is 11.5 Å². The molecule has 3 nitrogen and oxygen atoms in total. The highest BCUT2D eigenvalue weighted by molar-refractivity contribution is 6.30. The maximum atomic E-state index is 12.3. The Balaban J connectivity index is 2.10. The SMILES string of the molecule is CCOc1ccccc1C(=O)COc1cc(Cl)ccc1C. The standard InChI is InChI=1S/C17H17ClO3/c1-3-20-16-7-5-4-6-14(16)15(19)11-21-17-10-13(18)9-8-12(17)2/h4-10H,3,11H2,1-2H3. The summed E-state index contributed by atoms with van der Waals surface area (Å²) in [5, 5.41) is 0.581. The topological polar surface area (TPSA) is 35.5 Å². The Kier molecular flexibility index (Phi) is 5.23.